The lowest BCUT2D eigenvalue weighted by Crippen LogP contribution is -2.49. The Hall–Kier alpha value is -2.87. The van der Waals surface area contributed by atoms with E-state index in [9.17, 15) is 18.0 Å². The van der Waals surface area contributed by atoms with E-state index in [4.69, 9.17) is 11.6 Å². The maximum Gasteiger partial charge on any atom is 0.416 e. The summed E-state index contributed by atoms with van der Waals surface area (Å²) in [7, 11) is 0. The Morgan fingerprint density at radius 3 is 2.48 bits per heavy atom. The minimum atomic E-state index is -4.48. The summed E-state index contributed by atoms with van der Waals surface area (Å²) in [5.41, 5.74) is -0.0616. The van der Waals surface area contributed by atoms with Crippen LogP contribution in [0.2, 0.25) is 5.02 Å². The number of amides is 1. The number of aromatic nitrogens is 2. The molecule has 4 rings (SSSR count). The molecule has 0 radical (unpaired) electrons. The highest BCUT2D eigenvalue weighted by Gasteiger charge is 2.32. The van der Waals surface area contributed by atoms with E-state index in [0.717, 1.165) is 28.9 Å². The first kappa shape index (κ1) is 19.4. The molecule has 0 aliphatic carbocycles. The highest BCUT2D eigenvalue weighted by molar-refractivity contribution is 6.31. The van der Waals surface area contributed by atoms with Crippen LogP contribution in [0.1, 0.15) is 15.9 Å². The summed E-state index contributed by atoms with van der Waals surface area (Å²) in [5.74, 6) is 0.341. The minimum absolute atomic E-state index is 0.0374. The van der Waals surface area contributed by atoms with E-state index >= 15 is 0 Å². The van der Waals surface area contributed by atoms with Crippen LogP contribution in [0.3, 0.4) is 0 Å². The summed E-state index contributed by atoms with van der Waals surface area (Å²) in [5, 5.41) is 1.44. The molecule has 0 N–H and O–H groups in total. The molecule has 1 aromatic heterocycles. The number of carbonyl (C=O) groups is 1. The van der Waals surface area contributed by atoms with Crippen molar-refractivity contribution in [2.45, 2.75) is 6.18 Å². The van der Waals surface area contributed by atoms with Crippen molar-refractivity contribution in [1.29, 1.82) is 0 Å². The molecule has 1 fully saturated rings. The number of carbonyl (C=O) groups excluding carboxylic acids is 1. The van der Waals surface area contributed by atoms with Crippen molar-refractivity contribution in [3.63, 3.8) is 0 Å². The first-order valence-electron chi connectivity index (χ1n) is 8.95. The number of benzene rings is 2. The number of hydrogen-bond acceptors (Lipinski definition) is 4. The Morgan fingerprint density at radius 1 is 1.00 bits per heavy atom. The summed E-state index contributed by atoms with van der Waals surface area (Å²) >= 11 is 6.02. The van der Waals surface area contributed by atoms with Crippen LogP contribution in [0, 0.1) is 0 Å². The van der Waals surface area contributed by atoms with E-state index in [-0.39, 0.29) is 5.56 Å². The van der Waals surface area contributed by atoms with Crippen molar-refractivity contribution in [2.24, 2.45) is 0 Å². The van der Waals surface area contributed by atoms with Crippen molar-refractivity contribution < 1.29 is 18.0 Å². The third-order valence-corrected chi connectivity index (χ3v) is 5.12. The summed E-state index contributed by atoms with van der Waals surface area (Å²) in [6.07, 6.45) is -3.01. The summed E-state index contributed by atoms with van der Waals surface area (Å²) in [6.45, 7) is 1.79. The number of nitrogens with zero attached hydrogens (tertiary/aromatic N) is 4. The molecule has 0 saturated carbocycles. The molecule has 5 nitrogen and oxygen atoms in total. The number of alkyl halides is 3. The fourth-order valence-electron chi connectivity index (χ4n) is 3.40. The second-order valence-corrected chi connectivity index (χ2v) is 7.15. The van der Waals surface area contributed by atoms with Gasteiger partial charge in [-0.05, 0) is 36.4 Å². The average molecular weight is 421 g/mol. The quantitative estimate of drug-likeness (QED) is 0.621. The fourth-order valence-corrected chi connectivity index (χ4v) is 3.57. The van der Waals surface area contributed by atoms with E-state index in [1.54, 1.807) is 17.0 Å². The van der Waals surface area contributed by atoms with Crippen molar-refractivity contribution in [3.05, 3.63) is 64.9 Å². The predicted molar refractivity (Wildman–Crippen MR) is 104 cm³/mol. The smallest absolute Gasteiger partial charge is 0.352 e. The Labute approximate surface area is 169 Å². The molecule has 1 aliphatic heterocycles. The molecule has 150 valence electrons. The lowest BCUT2D eigenvalue weighted by molar-refractivity contribution is -0.137. The van der Waals surface area contributed by atoms with Crippen molar-refractivity contribution >= 4 is 34.2 Å². The number of fused-ring (bicyclic) bond motifs is 1. The monoisotopic (exact) mass is 420 g/mol. The third-order valence-electron chi connectivity index (χ3n) is 4.88. The molecule has 1 amide bonds. The van der Waals surface area contributed by atoms with Gasteiger partial charge in [-0.2, -0.15) is 13.2 Å². The third kappa shape index (κ3) is 3.98. The van der Waals surface area contributed by atoms with Crippen molar-refractivity contribution in [3.8, 4) is 0 Å². The number of rotatable bonds is 2. The van der Waals surface area contributed by atoms with Gasteiger partial charge in [-0.25, -0.2) is 9.97 Å². The van der Waals surface area contributed by atoms with Gasteiger partial charge in [-0.1, -0.05) is 17.7 Å². The van der Waals surface area contributed by atoms with Gasteiger partial charge in [0.15, 0.2) is 0 Å². The number of anilines is 1. The molecular formula is C20H16ClF3N4O. The Morgan fingerprint density at radius 2 is 1.76 bits per heavy atom. The molecule has 2 aromatic carbocycles. The van der Waals surface area contributed by atoms with Gasteiger partial charge in [0.1, 0.15) is 12.1 Å². The summed E-state index contributed by atoms with van der Waals surface area (Å²) < 4.78 is 38.7. The van der Waals surface area contributed by atoms with Crippen LogP contribution in [-0.4, -0.2) is 47.0 Å². The van der Waals surface area contributed by atoms with Gasteiger partial charge in [-0.3, -0.25) is 4.79 Å². The highest BCUT2D eigenvalue weighted by atomic mass is 35.5. The topological polar surface area (TPSA) is 49.3 Å². The van der Waals surface area contributed by atoms with Crippen molar-refractivity contribution in [2.75, 3.05) is 31.1 Å². The van der Waals surface area contributed by atoms with Crippen LogP contribution in [0.15, 0.2) is 48.8 Å². The zero-order valence-electron chi connectivity index (χ0n) is 15.2. The molecule has 29 heavy (non-hydrogen) atoms. The first-order valence-corrected chi connectivity index (χ1v) is 9.32. The van der Waals surface area contributed by atoms with Gasteiger partial charge in [0, 0.05) is 42.2 Å². The van der Waals surface area contributed by atoms with Crippen LogP contribution in [0.5, 0.6) is 0 Å². The zero-order valence-corrected chi connectivity index (χ0v) is 15.9. The van der Waals surface area contributed by atoms with Crippen LogP contribution < -0.4 is 4.90 Å². The number of halogens is 4. The molecule has 0 bridgehead atoms. The van der Waals surface area contributed by atoms with E-state index < -0.39 is 17.6 Å². The predicted octanol–water partition coefficient (Wildman–Crippen LogP) is 4.26. The normalized spacial score (nSPS) is 15.0. The Bertz CT molecular complexity index is 1070. The Balaban J connectivity index is 1.50. The molecule has 9 heteroatoms. The zero-order chi connectivity index (χ0) is 20.6. The first-order chi connectivity index (χ1) is 13.8. The van der Waals surface area contributed by atoms with E-state index in [1.165, 1.54) is 18.5 Å². The lowest BCUT2D eigenvalue weighted by Gasteiger charge is -2.35. The van der Waals surface area contributed by atoms with Crippen LogP contribution >= 0.6 is 11.6 Å². The van der Waals surface area contributed by atoms with Gasteiger partial charge in [0.25, 0.3) is 5.91 Å². The molecule has 1 aliphatic rings. The fraction of sp³-hybridized carbons (Fsp3) is 0.250. The highest BCUT2D eigenvalue weighted by Crippen LogP contribution is 2.30. The lowest BCUT2D eigenvalue weighted by atomic mass is 10.1. The SMILES string of the molecule is O=C(c1cccc(C(F)(F)F)c1)N1CCN(c2ncnc3cc(Cl)ccc23)CC1. The molecule has 0 atom stereocenters. The van der Waals surface area contributed by atoms with Gasteiger partial charge in [0.05, 0.1) is 11.1 Å². The Kier molecular flexibility index (Phi) is 5.04. The van der Waals surface area contributed by atoms with Crippen LogP contribution in [0.4, 0.5) is 19.0 Å². The standard InChI is InChI=1S/C20H16ClF3N4O/c21-15-4-5-16-17(11-15)25-12-26-18(16)27-6-8-28(9-7-27)19(29)13-2-1-3-14(10-13)20(22,23)24/h1-5,10-12H,6-9H2. The van der Waals surface area contributed by atoms with Gasteiger partial charge >= 0.3 is 6.18 Å². The average Bonchev–Trinajstić information content (AvgIpc) is 2.72. The van der Waals surface area contributed by atoms with Gasteiger partial charge < -0.3 is 9.80 Å². The molecule has 1 saturated heterocycles. The van der Waals surface area contributed by atoms with E-state index in [0.29, 0.717) is 31.2 Å². The summed E-state index contributed by atoms with van der Waals surface area (Å²) in [6, 6.07) is 9.90. The molecule has 0 unspecified atom stereocenters. The van der Waals surface area contributed by atoms with Crippen LogP contribution in [0.25, 0.3) is 10.9 Å². The van der Waals surface area contributed by atoms with E-state index in [2.05, 4.69) is 9.97 Å². The maximum absolute atomic E-state index is 12.9. The van der Waals surface area contributed by atoms with Gasteiger partial charge in [0.2, 0.25) is 0 Å². The van der Waals surface area contributed by atoms with Gasteiger partial charge in [-0.15, -0.1) is 0 Å². The van der Waals surface area contributed by atoms with Crippen LogP contribution in [-0.2, 0) is 6.18 Å². The molecule has 0 spiro atoms. The second kappa shape index (κ2) is 7.51. The number of hydrogen-bond donors (Lipinski definition) is 0. The molecule has 2 heterocycles. The molecular weight excluding hydrogens is 405 g/mol. The number of piperazine rings is 1. The summed E-state index contributed by atoms with van der Waals surface area (Å²) in [4.78, 5) is 24.9. The maximum atomic E-state index is 12.9. The van der Waals surface area contributed by atoms with E-state index in [1.807, 2.05) is 11.0 Å². The van der Waals surface area contributed by atoms with Crippen molar-refractivity contribution in [1.82, 2.24) is 14.9 Å². The second-order valence-electron chi connectivity index (χ2n) is 6.72. The minimum Gasteiger partial charge on any atom is -0.352 e. The largest absolute Gasteiger partial charge is 0.416 e. The molecule has 3 aromatic rings.